The second-order valence-electron chi connectivity index (χ2n) is 3.50. The van der Waals surface area contributed by atoms with Gasteiger partial charge in [-0.1, -0.05) is 18.2 Å². The number of nitrogens with zero attached hydrogens (tertiary/aromatic N) is 1. The highest BCUT2D eigenvalue weighted by Gasteiger charge is 2.20. The molecule has 7 nitrogen and oxygen atoms in total. The SMILES string of the molecule is NC(N)=NCC(NC(=O)c1ccccc1)C(=O)O. The number of aliphatic imine (C=N–C) groups is 1. The summed E-state index contributed by atoms with van der Waals surface area (Å²) in [4.78, 5) is 26.2. The van der Waals surface area contributed by atoms with Crippen molar-refractivity contribution in [2.75, 3.05) is 6.54 Å². The Hall–Kier alpha value is -2.57. The number of carbonyl (C=O) groups excluding carboxylic acids is 1. The smallest absolute Gasteiger partial charge is 0.328 e. The maximum absolute atomic E-state index is 11.7. The van der Waals surface area contributed by atoms with Crippen molar-refractivity contribution < 1.29 is 14.7 Å². The maximum atomic E-state index is 11.7. The summed E-state index contributed by atoms with van der Waals surface area (Å²) >= 11 is 0. The third-order valence-electron chi connectivity index (χ3n) is 2.10. The molecule has 0 spiro atoms. The van der Waals surface area contributed by atoms with Crippen molar-refractivity contribution in [2.24, 2.45) is 16.5 Å². The van der Waals surface area contributed by atoms with Crippen LogP contribution in [0, 0.1) is 0 Å². The number of guanidine groups is 1. The average Bonchev–Trinajstić information content (AvgIpc) is 2.34. The van der Waals surface area contributed by atoms with Crippen molar-refractivity contribution in [3.63, 3.8) is 0 Å². The number of carboxylic acid groups (broad SMARTS) is 1. The molecule has 0 aliphatic carbocycles. The van der Waals surface area contributed by atoms with Gasteiger partial charge in [0.05, 0.1) is 6.54 Å². The molecule has 18 heavy (non-hydrogen) atoms. The molecule has 0 radical (unpaired) electrons. The lowest BCUT2D eigenvalue weighted by Gasteiger charge is -2.12. The van der Waals surface area contributed by atoms with E-state index >= 15 is 0 Å². The number of nitrogens with one attached hydrogen (secondary N) is 1. The Morgan fingerprint density at radius 2 is 1.89 bits per heavy atom. The Morgan fingerprint density at radius 3 is 2.39 bits per heavy atom. The van der Waals surface area contributed by atoms with Crippen molar-refractivity contribution in [1.29, 1.82) is 0 Å². The zero-order valence-corrected chi connectivity index (χ0v) is 9.54. The monoisotopic (exact) mass is 250 g/mol. The van der Waals surface area contributed by atoms with E-state index in [-0.39, 0.29) is 12.5 Å². The van der Waals surface area contributed by atoms with Gasteiger partial charge in [0.1, 0.15) is 6.04 Å². The van der Waals surface area contributed by atoms with Crippen LogP contribution in [0.3, 0.4) is 0 Å². The van der Waals surface area contributed by atoms with Crippen LogP contribution in [0.25, 0.3) is 0 Å². The fourth-order valence-corrected chi connectivity index (χ4v) is 1.21. The van der Waals surface area contributed by atoms with Gasteiger partial charge in [-0.25, -0.2) is 4.79 Å². The van der Waals surface area contributed by atoms with Gasteiger partial charge in [0.25, 0.3) is 5.91 Å². The van der Waals surface area contributed by atoms with Gasteiger partial charge in [-0.3, -0.25) is 9.79 Å². The van der Waals surface area contributed by atoms with E-state index in [0.29, 0.717) is 5.56 Å². The van der Waals surface area contributed by atoms with Crippen LogP contribution in [0.5, 0.6) is 0 Å². The summed E-state index contributed by atoms with van der Waals surface area (Å²) in [7, 11) is 0. The third-order valence-corrected chi connectivity index (χ3v) is 2.10. The first-order valence-corrected chi connectivity index (χ1v) is 5.15. The average molecular weight is 250 g/mol. The lowest BCUT2D eigenvalue weighted by molar-refractivity contribution is -0.138. The minimum atomic E-state index is -1.20. The molecule has 1 aromatic carbocycles. The van der Waals surface area contributed by atoms with Gasteiger partial charge in [-0.05, 0) is 12.1 Å². The zero-order chi connectivity index (χ0) is 13.5. The Bertz CT molecular complexity index is 455. The molecular formula is C11H14N4O3. The molecule has 0 aliphatic heterocycles. The predicted octanol–water partition coefficient (Wildman–Crippen LogP) is -0.857. The minimum Gasteiger partial charge on any atom is -0.480 e. The van der Waals surface area contributed by atoms with Crippen molar-refractivity contribution in [3.05, 3.63) is 35.9 Å². The van der Waals surface area contributed by atoms with Crippen molar-refractivity contribution in [1.82, 2.24) is 5.32 Å². The fourth-order valence-electron chi connectivity index (χ4n) is 1.21. The molecule has 1 aromatic rings. The first-order valence-electron chi connectivity index (χ1n) is 5.15. The number of hydrogen-bond acceptors (Lipinski definition) is 3. The topological polar surface area (TPSA) is 131 Å². The summed E-state index contributed by atoms with van der Waals surface area (Å²) in [6.45, 7) is -0.212. The van der Waals surface area contributed by atoms with Gasteiger partial charge >= 0.3 is 5.97 Å². The lowest BCUT2D eigenvalue weighted by Crippen LogP contribution is -2.43. The van der Waals surface area contributed by atoms with Gasteiger partial charge in [-0.2, -0.15) is 0 Å². The van der Waals surface area contributed by atoms with Gasteiger partial charge in [0, 0.05) is 5.56 Å². The highest BCUT2D eigenvalue weighted by atomic mass is 16.4. The molecular weight excluding hydrogens is 236 g/mol. The standard InChI is InChI=1S/C11H14N4O3/c12-11(13)14-6-8(10(17)18)15-9(16)7-4-2-1-3-5-7/h1-5,8H,6H2,(H,15,16)(H,17,18)(H4,12,13,14). The van der Waals surface area contributed by atoms with Crippen LogP contribution in [-0.2, 0) is 4.79 Å². The normalized spacial score (nSPS) is 11.3. The zero-order valence-electron chi connectivity index (χ0n) is 9.54. The van der Waals surface area contributed by atoms with E-state index in [1.807, 2.05) is 0 Å². The summed E-state index contributed by atoms with van der Waals surface area (Å²) in [5.41, 5.74) is 10.6. The fraction of sp³-hybridized carbons (Fsp3) is 0.182. The van der Waals surface area contributed by atoms with Crippen LogP contribution in [0.1, 0.15) is 10.4 Å². The highest BCUT2D eigenvalue weighted by molar-refractivity contribution is 5.96. The predicted molar refractivity (Wildman–Crippen MR) is 66.0 cm³/mol. The van der Waals surface area contributed by atoms with Crippen molar-refractivity contribution in [2.45, 2.75) is 6.04 Å². The van der Waals surface area contributed by atoms with E-state index in [0.717, 1.165) is 0 Å². The third kappa shape index (κ3) is 4.12. The van der Waals surface area contributed by atoms with Gasteiger partial charge in [0.2, 0.25) is 0 Å². The molecule has 0 heterocycles. The molecule has 1 amide bonds. The second kappa shape index (κ2) is 6.24. The molecule has 96 valence electrons. The van der Waals surface area contributed by atoms with E-state index in [9.17, 15) is 9.59 Å². The summed E-state index contributed by atoms with van der Waals surface area (Å²) in [6, 6.07) is 7.11. The van der Waals surface area contributed by atoms with Crippen LogP contribution in [-0.4, -0.2) is 35.5 Å². The molecule has 0 fully saturated rings. The molecule has 7 heteroatoms. The summed E-state index contributed by atoms with van der Waals surface area (Å²) in [5.74, 6) is -1.92. The number of rotatable bonds is 5. The first-order chi connectivity index (χ1) is 8.50. The first kappa shape index (κ1) is 13.5. The number of benzene rings is 1. The molecule has 0 aromatic heterocycles. The Kier molecular flexibility index (Phi) is 4.67. The maximum Gasteiger partial charge on any atom is 0.328 e. The lowest BCUT2D eigenvalue weighted by atomic mass is 10.2. The number of aliphatic carboxylic acids is 1. The highest BCUT2D eigenvalue weighted by Crippen LogP contribution is 1.99. The number of carboxylic acids is 1. The van der Waals surface area contributed by atoms with Gasteiger partial charge in [0.15, 0.2) is 5.96 Å². The summed E-state index contributed by atoms with van der Waals surface area (Å²) < 4.78 is 0. The van der Waals surface area contributed by atoms with Crippen molar-refractivity contribution >= 4 is 17.8 Å². The quantitative estimate of drug-likeness (QED) is 0.399. The number of carbonyl (C=O) groups is 2. The Morgan fingerprint density at radius 1 is 1.28 bits per heavy atom. The van der Waals surface area contributed by atoms with Crippen LogP contribution >= 0.6 is 0 Å². The molecule has 6 N–H and O–H groups in total. The summed E-state index contributed by atoms with van der Waals surface area (Å²) in [6.07, 6.45) is 0. The molecule has 1 atom stereocenters. The van der Waals surface area contributed by atoms with Crippen LogP contribution in [0.15, 0.2) is 35.3 Å². The van der Waals surface area contributed by atoms with Gasteiger partial charge < -0.3 is 21.9 Å². The number of amides is 1. The van der Waals surface area contributed by atoms with Gasteiger partial charge in [-0.15, -0.1) is 0 Å². The minimum absolute atomic E-state index is 0.212. The number of nitrogens with two attached hydrogens (primary N) is 2. The van der Waals surface area contributed by atoms with E-state index in [4.69, 9.17) is 16.6 Å². The second-order valence-corrected chi connectivity index (χ2v) is 3.50. The Balaban J connectivity index is 2.70. The molecule has 0 saturated heterocycles. The Labute approximate surface area is 103 Å². The van der Waals surface area contributed by atoms with E-state index in [1.165, 1.54) is 0 Å². The van der Waals surface area contributed by atoms with Crippen molar-refractivity contribution in [3.8, 4) is 0 Å². The van der Waals surface area contributed by atoms with Crippen LogP contribution in [0.2, 0.25) is 0 Å². The largest absolute Gasteiger partial charge is 0.480 e. The molecule has 1 unspecified atom stereocenters. The van der Waals surface area contributed by atoms with E-state index in [2.05, 4.69) is 10.3 Å². The number of hydrogen-bond donors (Lipinski definition) is 4. The molecule has 1 rings (SSSR count). The van der Waals surface area contributed by atoms with E-state index in [1.54, 1.807) is 30.3 Å². The molecule has 0 bridgehead atoms. The van der Waals surface area contributed by atoms with Crippen LogP contribution < -0.4 is 16.8 Å². The molecule has 0 saturated carbocycles. The summed E-state index contributed by atoms with van der Waals surface area (Å²) in [5, 5.41) is 11.2. The van der Waals surface area contributed by atoms with Crippen LogP contribution in [0.4, 0.5) is 0 Å². The van der Waals surface area contributed by atoms with E-state index < -0.39 is 17.9 Å². The molecule has 0 aliphatic rings.